The fourth-order valence-electron chi connectivity index (χ4n) is 2.96. The number of nitrogens with one attached hydrogen (secondary N) is 1. The number of likely N-dealkylation sites (tertiary alicyclic amines) is 1. The predicted molar refractivity (Wildman–Crippen MR) is 89.4 cm³/mol. The molecule has 1 aliphatic rings. The zero-order valence-corrected chi connectivity index (χ0v) is 13.5. The van der Waals surface area contributed by atoms with E-state index in [2.05, 4.69) is 10.3 Å². The maximum atomic E-state index is 12.9. The summed E-state index contributed by atoms with van der Waals surface area (Å²) in [6, 6.07) is 9.63. The molecule has 1 amide bonds. The van der Waals surface area contributed by atoms with Crippen molar-refractivity contribution >= 4 is 11.7 Å². The number of benzene rings is 1. The van der Waals surface area contributed by atoms with Crippen molar-refractivity contribution in [3.63, 3.8) is 0 Å². The van der Waals surface area contributed by atoms with Gasteiger partial charge in [0.1, 0.15) is 17.4 Å². The number of pyridine rings is 1. The van der Waals surface area contributed by atoms with Gasteiger partial charge in [-0.3, -0.25) is 4.79 Å². The Morgan fingerprint density at radius 2 is 2.17 bits per heavy atom. The molecule has 1 atom stereocenters. The van der Waals surface area contributed by atoms with E-state index < -0.39 is 0 Å². The molecule has 0 aliphatic carbocycles. The fourth-order valence-corrected chi connectivity index (χ4v) is 2.96. The lowest BCUT2D eigenvalue weighted by molar-refractivity contribution is -0.134. The summed E-state index contributed by atoms with van der Waals surface area (Å²) in [6.45, 7) is 0.666. The molecule has 1 N–H and O–H groups in total. The van der Waals surface area contributed by atoms with Gasteiger partial charge < -0.3 is 15.0 Å². The first-order valence-corrected chi connectivity index (χ1v) is 7.99. The quantitative estimate of drug-likeness (QED) is 0.916. The van der Waals surface area contributed by atoms with Crippen molar-refractivity contribution in [3.8, 4) is 5.75 Å². The van der Waals surface area contributed by atoms with Crippen LogP contribution in [0.1, 0.15) is 24.4 Å². The molecule has 1 aromatic heterocycles. The summed E-state index contributed by atoms with van der Waals surface area (Å²) in [5.41, 5.74) is 1.07. The van der Waals surface area contributed by atoms with Crippen LogP contribution in [0.4, 0.5) is 10.2 Å². The number of hydrogen-bond acceptors (Lipinski definition) is 4. The van der Waals surface area contributed by atoms with Gasteiger partial charge in [-0.1, -0.05) is 0 Å². The van der Waals surface area contributed by atoms with Gasteiger partial charge in [-0.25, -0.2) is 9.37 Å². The van der Waals surface area contributed by atoms with Crippen molar-refractivity contribution in [3.05, 3.63) is 54.0 Å². The lowest BCUT2D eigenvalue weighted by Crippen LogP contribution is -2.34. The van der Waals surface area contributed by atoms with Crippen molar-refractivity contribution in [2.75, 3.05) is 25.5 Å². The molecule has 0 saturated carbocycles. The third-order valence-corrected chi connectivity index (χ3v) is 4.17. The Kier molecular flexibility index (Phi) is 4.93. The number of carbonyl (C=O) groups is 1. The summed E-state index contributed by atoms with van der Waals surface area (Å²) in [6.07, 6.45) is 3.64. The normalized spacial score (nSPS) is 16.9. The van der Waals surface area contributed by atoms with Crippen LogP contribution in [0.15, 0.2) is 42.6 Å². The predicted octanol–water partition coefficient (Wildman–Crippen LogP) is 3.00. The number of rotatable bonds is 5. The van der Waals surface area contributed by atoms with E-state index in [-0.39, 0.29) is 24.4 Å². The molecule has 24 heavy (non-hydrogen) atoms. The Morgan fingerprint density at radius 3 is 2.92 bits per heavy atom. The van der Waals surface area contributed by atoms with Gasteiger partial charge >= 0.3 is 0 Å². The van der Waals surface area contributed by atoms with Crippen LogP contribution in [0.2, 0.25) is 0 Å². The smallest absolute Gasteiger partial charge is 0.261 e. The van der Waals surface area contributed by atoms with Gasteiger partial charge in [0.25, 0.3) is 5.91 Å². The fraction of sp³-hybridized carbons (Fsp3) is 0.333. The SMILES string of the molecule is CNc1cc([C@@H]2CCCN2C(=O)COc2ccc(F)cc2)ccn1. The Labute approximate surface area is 140 Å². The van der Waals surface area contributed by atoms with Crippen LogP contribution in [0.3, 0.4) is 0 Å². The number of nitrogens with zero attached hydrogens (tertiary/aromatic N) is 2. The zero-order chi connectivity index (χ0) is 16.9. The molecular formula is C18H20FN3O2. The molecule has 126 valence electrons. The van der Waals surface area contributed by atoms with Crippen molar-refractivity contribution in [1.82, 2.24) is 9.88 Å². The summed E-state index contributed by atoms with van der Waals surface area (Å²) >= 11 is 0. The molecule has 2 aromatic rings. The van der Waals surface area contributed by atoms with Gasteiger partial charge in [0.05, 0.1) is 6.04 Å². The van der Waals surface area contributed by atoms with Crippen molar-refractivity contribution in [1.29, 1.82) is 0 Å². The van der Waals surface area contributed by atoms with Gasteiger partial charge in [-0.05, 0) is 54.8 Å². The van der Waals surface area contributed by atoms with E-state index in [1.807, 2.05) is 24.1 Å². The van der Waals surface area contributed by atoms with Crippen LogP contribution in [-0.4, -0.2) is 36.0 Å². The van der Waals surface area contributed by atoms with E-state index in [0.29, 0.717) is 12.3 Å². The lowest BCUT2D eigenvalue weighted by atomic mass is 10.1. The molecule has 1 aromatic carbocycles. The minimum atomic E-state index is -0.327. The maximum Gasteiger partial charge on any atom is 0.261 e. The third-order valence-electron chi connectivity index (χ3n) is 4.17. The Morgan fingerprint density at radius 1 is 1.38 bits per heavy atom. The third kappa shape index (κ3) is 3.64. The van der Waals surface area contributed by atoms with Crippen LogP contribution in [-0.2, 0) is 4.79 Å². The summed E-state index contributed by atoms with van der Waals surface area (Å²) in [5.74, 6) is 0.882. The van der Waals surface area contributed by atoms with E-state index in [1.165, 1.54) is 24.3 Å². The second-order valence-corrected chi connectivity index (χ2v) is 5.71. The Hall–Kier alpha value is -2.63. The molecule has 0 bridgehead atoms. The van der Waals surface area contributed by atoms with Crippen molar-refractivity contribution in [2.45, 2.75) is 18.9 Å². The van der Waals surface area contributed by atoms with Gasteiger partial charge in [-0.15, -0.1) is 0 Å². The summed E-state index contributed by atoms with van der Waals surface area (Å²) < 4.78 is 18.4. The number of carbonyl (C=O) groups excluding carboxylic acids is 1. The highest BCUT2D eigenvalue weighted by molar-refractivity contribution is 5.78. The van der Waals surface area contributed by atoms with E-state index >= 15 is 0 Å². The highest BCUT2D eigenvalue weighted by Gasteiger charge is 2.30. The maximum absolute atomic E-state index is 12.9. The number of ether oxygens (including phenoxy) is 1. The highest BCUT2D eigenvalue weighted by atomic mass is 19.1. The second-order valence-electron chi connectivity index (χ2n) is 5.71. The van der Waals surface area contributed by atoms with Gasteiger partial charge in [0.2, 0.25) is 0 Å². The first-order valence-electron chi connectivity index (χ1n) is 7.99. The number of amides is 1. The van der Waals surface area contributed by atoms with Crippen LogP contribution in [0.5, 0.6) is 5.75 Å². The second kappa shape index (κ2) is 7.29. The van der Waals surface area contributed by atoms with Gasteiger partial charge in [0, 0.05) is 19.8 Å². The van der Waals surface area contributed by atoms with Crippen LogP contribution >= 0.6 is 0 Å². The number of aromatic nitrogens is 1. The summed E-state index contributed by atoms with van der Waals surface area (Å²) in [7, 11) is 1.82. The number of hydrogen-bond donors (Lipinski definition) is 1. The van der Waals surface area contributed by atoms with Crippen LogP contribution in [0.25, 0.3) is 0 Å². The molecule has 3 rings (SSSR count). The van der Waals surface area contributed by atoms with Crippen LogP contribution in [0, 0.1) is 5.82 Å². The molecule has 1 saturated heterocycles. The van der Waals surface area contributed by atoms with Gasteiger partial charge in [0.15, 0.2) is 6.61 Å². The molecule has 0 radical (unpaired) electrons. The molecule has 6 heteroatoms. The average Bonchev–Trinajstić information content (AvgIpc) is 3.11. The molecule has 0 spiro atoms. The van der Waals surface area contributed by atoms with Crippen LogP contribution < -0.4 is 10.1 Å². The summed E-state index contributed by atoms with van der Waals surface area (Å²) in [4.78, 5) is 18.6. The summed E-state index contributed by atoms with van der Waals surface area (Å²) in [5, 5.41) is 3.02. The van der Waals surface area contributed by atoms with Gasteiger partial charge in [-0.2, -0.15) is 0 Å². The monoisotopic (exact) mass is 329 g/mol. The van der Waals surface area contributed by atoms with E-state index in [9.17, 15) is 9.18 Å². The molecule has 2 heterocycles. The first-order chi connectivity index (χ1) is 11.7. The van der Waals surface area contributed by atoms with E-state index in [0.717, 1.165) is 24.2 Å². The minimum absolute atomic E-state index is 0.0458. The number of anilines is 1. The first kappa shape index (κ1) is 16.2. The Bertz CT molecular complexity index is 706. The number of halogens is 1. The molecule has 1 aliphatic heterocycles. The average molecular weight is 329 g/mol. The minimum Gasteiger partial charge on any atom is -0.484 e. The molecule has 5 nitrogen and oxygen atoms in total. The molecule has 0 unspecified atom stereocenters. The standard InChI is InChI=1S/C18H20FN3O2/c1-20-17-11-13(8-9-21-17)16-3-2-10-22(16)18(23)12-24-15-6-4-14(19)5-7-15/h4-9,11,16H,2-3,10,12H2,1H3,(H,20,21)/t16-/m0/s1. The van der Waals surface area contributed by atoms with Crippen molar-refractivity contribution in [2.24, 2.45) is 0 Å². The molecule has 1 fully saturated rings. The molecular weight excluding hydrogens is 309 g/mol. The topological polar surface area (TPSA) is 54.5 Å². The largest absolute Gasteiger partial charge is 0.484 e. The highest BCUT2D eigenvalue weighted by Crippen LogP contribution is 2.32. The van der Waals surface area contributed by atoms with E-state index in [1.54, 1.807) is 6.20 Å². The lowest BCUT2D eigenvalue weighted by Gasteiger charge is -2.25. The Balaban J connectivity index is 1.65. The van der Waals surface area contributed by atoms with Crippen molar-refractivity contribution < 1.29 is 13.9 Å². The van der Waals surface area contributed by atoms with E-state index in [4.69, 9.17) is 4.74 Å². The zero-order valence-electron chi connectivity index (χ0n) is 13.5.